The van der Waals surface area contributed by atoms with Gasteiger partial charge in [0.25, 0.3) is 0 Å². The van der Waals surface area contributed by atoms with E-state index in [1.165, 1.54) is 0 Å². The molecule has 0 amide bonds. The fraction of sp³-hybridized carbons (Fsp3) is 0.625. The van der Waals surface area contributed by atoms with Crippen molar-refractivity contribution in [1.82, 2.24) is 0 Å². The molecule has 0 saturated carbocycles. The van der Waals surface area contributed by atoms with E-state index >= 15 is 0 Å². The minimum Gasteiger partial charge on any atom is -0.481 e. The van der Waals surface area contributed by atoms with Crippen LogP contribution < -0.4 is 0 Å². The molecule has 1 N–H and O–H groups in total. The third kappa shape index (κ3) is 2.67. The van der Waals surface area contributed by atoms with E-state index in [4.69, 9.17) is 5.11 Å². The molecule has 0 radical (unpaired) electrons. The Kier molecular flexibility index (Phi) is 3.77. The maximum absolute atomic E-state index is 10.5. The SMILES string of the molecule is CC=CC(C(=O)O)C(C)C. The van der Waals surface area contributed by atoms with Crippen molar-refractivity contribution < 1.29 is 9.90 Å². The highest BCUT2D eigenvalue weighted by molar-refractivity contribution is 5.72. The summed E-state index contributed by atoms with van der Waals surface area (Å²) in [6.45, 7) is 5.63. The smallest absolute Gasteiger partial charge is 0.310 e. The summed E-state index contributed by atoms with van der Waals surface area (Å²) < 4.78 is 0. The number of aliphatic carboxylic acids is 1. The lowest BCUT2D eigenvalue weighted by Gasteiger charge is -2.10. The number of hydrogen-bond donors (Lipinski definition) is 1. The van der Waals surface area contributed by atoms with Gasteiger partial charge in [-0.25, -0.2) is 0 Å². The van der Waals surface area contributed by atoms with Crippen molar-refractivity contribution in [3.05, 3.63) is 12.2 Å². The van der Waals surface area contributed by atoms with Crippen LogP contribution in [0.4, 0.5) is 0 Å². The largest absolute Gasteiger partial charge is 0.481 e. The minimum atomic E-state index is -0.742. The summed E-state index contributed by atoms with van der Waals surface area (Å²) in [5.74, 6) is -0.896. The Balaban J connectivity index is 4.12. The molecular formula is C8H14O2. The number of rotatable bonds is 3. The normalized spacial score (nSPS) is 14.4. The summed E-state index contributed by atoms with van der Waals surface area (Å²) >= 11 is 0. The minimum absolute atomic E-state index is 0.175. The number of carboxylic acid groups (broad SMARTS) is 1. The Bertz CT molecular complexity index is 136. The molecule has 0 rings (SSSR count). The average Bonchev–Trinajstić information content (AvgIpc) is 1.81. The summed E-state index contributed by atoms with van der Waals surface area (Å²) in [5.41, 5.74) is 0. The topological polar surface area (TPSA) is 37.3 Å². The van der Waals surface area contributed by atoms with Crippen LogP contribution in [0.5, 0.6) is 0 Å². The van der Waals surface area contributed by atoms with E-state index in [-0.39, 0.29) is 11.8 Å². The summed E-state index contributed by atoms with van der Waals surface area (Å²) in [7, 11) is 0. The van der Waals surface area contributed by atoms with Gasteiger partial charge in [-0.15, -0.1) is 0 Å². The first-order valence-electron chi connectivity index (χ1n) is 3.45. The number of carbonyl (C=O) groups is 1. The third-order valence-corrected chi connectivity index (χ3v) is 1.40. The van der Waals surface area contributed by atoms with Crippen molar-refractivity contribution in [2.45, 2.75) is 20.8 Å². The van der Waals surface area contributed by atoms with Crippen LogP contribution in [-0.4, -0.2) is 11.1 Å². The van der Waals surface area contributed by atoms with Crippen molar-refractivity contribution in [3.8, 4) is 0 Å². The van der Waals surface area contributed by atoms with Crippen LogP contribution in [0.1, 0.15) is 20.8 Å². The van der Waals surface area contributed by atoms with Crippen LogP contribution in [0.2, 0.25) is 0 Å². The first-order chi connectivity index (χ1) is 4.59. The fourth-order valence-corrected chi connectivity index (χ4v) is 0.797. The maximum Gasteiger partial charge on any atom is 0.310 e. The monoisotopic (exact) mass is 142 g/mol. The van der Waals surface area contributed by atoms with Crippen molar-refractivity contribution in [3.63, 3.8) is 0 Å². The van der Waals surface area contributed by atoms with Gasteiger partial charge in [-0.2, -0.15) is 0 Å². The quantitative estimate of drug-likeness (QED) is 0.611. The lowest BCUT2D eigenvalue weighted by molar-refractivity contribution is -0.141. The Morgan fingerprint density at radius 2 is 2.00 bits per heavy atom. The molecule has 0 aromatic carbocycles. The van der Waals surface area contributed by atoms with Gasteiger partial charge in [-0.05, 0) is 12.8 Å². The number of allylic oxidation sites excluding steroid dienone is 1. The Labute approximate surface area is 61.6 Å². The second kappa shape index (κ2) is 4.09. The van der Waals surface area contributed by atoms with Crippen LogP contribution in [0, 0.1) is 11.8 Å². The zero-order valence-corrected chi connectivity index (χ0v) is 6.66. The third-order valence-electron chi connectivity index (χ3n) is 1.40. The predicted molar refractivity (Wildman–Crippen MR) is 40.8 cm³/mol. The molecule has 0 heterocycles. The first kappa shape index (κ1) is 9.21. The molecule has 2 heteroatoms. The highest BCUT2D eigenvalue weighted by Gasteiger charge is 2.16. The summed E-state index contributed by atoms with van der Waals surface area (Å²) in [6, 6.07) is 0. The molecule has 58 valence electrons. The Morgan fingerprint density at radius 3 is 2.10 bits per heavy atom. The molecule has 10 heavy (non-hydrogen) atoms. The Hall–Kier alpha value is -0.790. The van der Waals surface area contributed by atoms with Crippen LogP contribution in [0.15, 0.2) is 12.2 Å². The zero-order chi connectivity index (χ0) is 8.15. The molecule has 0 aliphatic heterocycles. The second-order valence-corrected chi connectivity index (χ2v) is 2.63. The predicted octanol–water partition coefficient (Wildman–Crippen LogP) is 1.92. The van der Waals surface area contributed by atoms with Gasteiger partial charge in [0.1, 0.15) is 0 Å². The van der Waals surface area contributed by atoms with Crippen LogP contribution >= 0.6 is 0 Å². The molecule has 1 unspecified atom stereocenters. The highest BCUT2D eigenvalue weighted by Crippen LogP contribution is 2.11. The summed E-state index contributed by atoms with van der Waals surface area (Å²) in [4.78, 5) is 10.5. The molecule has 0 fully saturated rings. The van der Waals surface area contributed by atoms with Gasteiger partial charge < -0.3 is 5.11 Å². The van der Waals surface area contributed by atoms with Gasteiger partial charge in [0, 0.05) is 0 Å². The lowest BCUT2D eigenvalue weighted by atomic mass is 9.96. The van der Waals surface area contributed by atoms with Crippen LogP contribution in [0.25, 0.3) is 0 Å². The molecule has 0 aromatic rings. The van der Waals surface area contributed by atoms with E-state index in [1.807, 2.05) is 20.8 Å². The maximum atomic E-state index is 10.5. The van der Waals surface area contributed by atoms with Crippen molar-refractivity contribution in [1.29, 1.82) is 0 Å². The second-order valence-electron chi connectivity index (χ2n) is 2.63. The van der Waals surface area contributed by atoms with Gasteiger partial charge >= 0.3 is 5.97 Å². The van der Waals surface area contributed by atoms with E-state index in [1.54, 1.807) is 12.2 Å². The van der Waals surface area contributed by atoms with Crippen LogP contribution in [-0.2, 0) is 4.79 Å². The lowest BCUT2D eigenvalue weighted by Crippen LogP contribution is -2.16. The first-order valence-corrected chi connectivity index (χ1v) is 3.45. The molecule has 0 saturated heterocycles. The number of hydrogen-bond acceptors (Lipinski definition) is 1. The summed E-state index contributed by atoms with van der Waals surface area (Å²) in [6.07, 6.45) is 3.49. The van der Waals surface area contributed by atoms with Gasteiger partial charge in [-0.1, -0.05) is 26.0 Å². The molecule has 0 aliphatic rings. The van der Waals surface area contributed by atoms with Gasteiger partial charge in [0.05, 0.1) is 5.92 Å². The highest BCUT2D eigenvalue weighted by atomic mass is 16.4. The summed E-state index contributed by atoms with van der Waals surface area (Å²) in [5, 5.41) is 8.62. The Morgan fingerprint density at radius 1 is 1.50 bits per heavy atom. The van der Waals surface area contributed by atoms with Gasteiger partial charge in [0.2, 0.25) is 0 Å². The number of carboxylic acids is 1. The standard InChI is InChI=1S/C8H14O2/c1-4-5-7(6(2)3)8(9)10/h4-7H,1-3H3,(H,9,10). The van der Waals surface area contributed by atoms with Gasteiger partial charge in [-0.3, -0.25) is 4.79 Å². The van der Waals surface area contributed by atoms with Crippen molar-refractivity contribution >= 4 is 5.97 Å². The average molecular weight is 142 g/mol. The van der Waals surface area contributed by atoms with E-state index in [0.717, 1.165) is 0 Å². The molecular weight excluding hydrogens is 128 g/mol. The molecule has 0 aromatic heterocycles. The van der Waals surface area contributed by atoms with E-state index in [9.17, 15) is 4.79 Å². The van der Waals surface area contributed by atoms with Crippen LogP contribution in [0.3, 0.4) is 0 Å². The van der Waals surface area contributed by atoms with E-state index in [2.05, 4.69) is 0 Å². The van der Waals surface area contributed by atoms with Gasteiger partial charge in [0.15, 0.2) is 0 Å². The van der Waals surface area contributed by atoms with Crippen molar-refractivity contribution in [2.24, 2.45) is 11.8 Å². The van der Waals surface area contributed by atoms with Crippen molar-refractivity contribution in [2.75, 3.05) is 0 Å². The van der Waals surface area contributed by atoms with E-state index in [0.29, 0.717) is 0 Å². The molecule has 2 nitrogen and oxygen atoms in total. The fourth-order valence-electron chi connectivity index (χ4n) is 0.797. The zero-order valence-electron chi connectivity index (χ0n) is 6.66. The van der Waals surface area contributed by atoms with E-state index < -0.39 is 5.97 Å². The molecule has 0 spiro atoms. The molecule has 1 atom stereocenters. The molecule has 0 aliphatic carbocycles. The molecule has 0 bridgehead atoms.